The van der Waals surface area contributed by atoms with Gasteiger partial charge in [0.2, 0.25) is 0 Å². The zero-order valence-corrected chi connectivity index (χ0v) is 9.60. The zero-order chi connectivity index (χ0) is 12.0. The fourth-order valence-corrected chi connectivity index (χ4v) is 1.34. The summed E-state index contributed by atoms with van der Waals surface area (Å²) in [4.78, 5) is 11.7. The highest BCUT2D eigenvalue weighted by molar-refractivity contribution is 5.97. The molecule has 0 fully saturated rings. The van der Waals surface area contributed by atoms with Crippen LogP contribution in [-0.2, 0) is 0 Å². The summed E-state index contributed by atoms with van der Waals surface area (Å²) in [6.07, 6.45) is 4.10. The van der Waals surface area contributed by atoms with E-state index in [-0.39, 0.29) is 11.7 Å². The van der Waals surface area contributed by atoms with Gasteiger partial charge in [-0.2, -0.15) is 5.26 Å². The van der Waals surface area contributed by atoms with Crippen LogP contribution in [0.2, 0.25) is 0 Å². The van der Waals surface area contributed by atoms with E-state index in [4.69, 9.17) is 5.26 Å². The Morgan fingerprint density at radius 2 is 2.00 bits per heavy atom. The molecule has 16 heavy (non-hydrogen) atoms. The van der Waals surface area contributed by atoms with Crippen molar-refractivity contribution < 1.29 is 4.79 Å². The Bertz CT molecular complexity index is 421. The van der Waals surface area contributed by atoms with Crippen LogP contribution in [-0.4, -0.2) is 5.78 Å². The summed E-state index contributed by atoms with van der Waals surface area (Å²) in [6.45, 7) is 3.78. The molecule has 0 aromatic heterocycles. The number of nitrogens with zero attached hydrogens (tertiary/aromatic N) is 1. The van der Waals surface area contributed by atoms with Crippen LogP contribution < -0.4 is 0 Å². The van der Waals surface area contributed by atoms with E-state index in [0.29, 0.717) is 6.42 Å². The summed E-state index contributed by atoms with van der Waals surface area (Å²) < 4.78 is 0. The van der Waals surface area contributed by atoms with Crippen LogP contribution in [0.15, 0.2) is 30.3 Å². The molecule has 82 valence electrons. The van der Waals surface area contributed by atoms with Gasteiger partial charge < -0.3 is 0 Å². The van der Waals surface area contributed by atoms with Gasteiger partial charge in [-0.1, -0.05) is 50.3 Å². The molecule has 0 heterocycles. The number of nitriles is 1. The Morgan fingerprint density at radius 1 is 1.38 bits per heavy atom. The van der Waals surface area contributed by atoms with Crippen LogP contribution >= 0.6 is 0 Å². The average molecular weight is 213 g/mol. The van der Waals surface area contributed by atoms with E-state index in [1.807, 2.05) is 50.3 Å². The SMILES string of the molecule is CC(C)C(=O)c1ccc(C=CCC#N)cc1. The Labute approximate surface area is 96.2 Å². The van der Waals surface area contributed by atoms with Crippen LogP contribution in [0.3, 0.4) is 0 Å². The fourth-order valence-electron chi connectivity index (χ4n) is 1.34. The minimum atomic E-state index is 0.0278. The first-order valence-electron chi connectivity index (χ1n) is 5.33. The molecule has 0 saturated heterocycles. The molecule has 0 atom stereocenters. The minimum absolute atomic E-state index is 0.0278. The lowest BCUT2D eigenvalue weighted by molar-refractivity contribution is 0.0939. The third kappa shape index (κ3) is 3.36. The van der Waals surface area contributed by atoms with Gasteiger partial charge in [0.1, 0.15) is 0 Å². The van der Waals surface area contributed by atoms with Gasteiger partial charge in [-0.3, -0.25) is 4.79 Å². The number of rotatable bonds is 4. The van der Waals surface area contributed by atoms with Crippen molar-refractivity contribution in [3.63, 3.8) is 0 Å². The van der Waals surface area contributed by atoms with Crippen molar-refractivity contribution in [3.05, 3.63) is 41.5 Å². The molecule has 1 rings (SSSR count). The van der Waals surface area contributed by atoms with Crippen molar-refractivity contribution >= 4 is 11.9 Å². The molecule has 0 saturated carbocycles. The summed E-state index contributed by atoms with van der Waals surface area (Å²) in [5.41, 5.74) is 1.75. The van der Waals surface area contributed by atoms with E-state index >= 15 is 0 Å². The molecule has 0 amide bonds. The molecule has 0 spiro atoms. The molecule has 0 bridgehead atoms. The van der Waals surface area contributed by atoms with Crippen LogP contribution in [0.1, 0.15) is 36.2 Å². The van der Waals surface area contributed by atoms with Gasteiger partial charge in [0.15, 0.2) is 5.78 Å². The summed E-state index contributed by atoms with van der Waals surface area (Å²) >= 11 is 0. The summed E-state index contributed by atoms with van der Waals surface area (Å²) in [6, 6.07) is 9.48. The van der Waals surface area contributed by atoms with E-state index in [0.717, 1.165) is 11.1 Å². The lowest BCUT2D eigenvalue weighted by Gasteiger charge is -2.03. The monoisotopic (exact) mass is 213 g/mol. The van der Waals surface area contributed by atoms with Crippen LogP contribution in [0.5, 0.6) is 0 Å². The highest BCUT2D eigenvalue weighted by atomic mass is 16.1. The second-order valence-corrected chi connectivity index (χ2v) is 3.91. The first kappa shape index (κ1) is 12.2. The van der Waals surface area contributed by atoms with Gasteiger partial charge in [-0.15, -0.1) is 0 Å². The van der Waals surface area contributed by atoms with Crippen LogP contribution in [0, 0.1) is 17.2 Å². The van der Waals surface area contributed by atoms with Gasteiger partial charge in [0, 0.05) is 11.5 Å². The first-order chi connectivity index (χ1) is 7.65. The molecule has 1 aromatic rings. The Balaban J connectivity index is 2.76. The fraction of sp³-hybridized carbons (Fsp3) is 0.286. The van der Waals surface area contributed by atoms with E-state index in [1.165, 1.54) is 0 Å². The third-order valence-corrected chi connectivity index (χ3v) is 2.24. The number of benzene rings is 1. The lowest BCUT2D eigenvalue weighted by atomic mass is 10.00. The van der Waals surface area contributed by atoms with Gasteiger partial charge in [0.05, 0.1) is 12.5 Å². The number of hydrogen-bond acceptors (Lipinski definition) is 2. The van der Waals surface area contributed by atoms with Crippen molar-refractivity contribution in [2.75, 3.05) is 0 Å². The Morgan fingerprint density at radius 3 is 2.50 bits per heavy atom. The zero-order valence-electron chi connectivity index (χ0n) is 9.60. The van der Waals surface area contributed by atoms with Gasteiger partial charge in [0.25, 0.3) is 0 Å². The van der Waals surface area contributed by atoms with Gasteiger partial charge in [-0.05, 0) is 5.56 Å². The number of allylic oxidation sites excluding steroid dienone is 1. The normalized spacial score (nSPS) is 10.6. The first-order valence-corrected chi connectivity index (χ1v) is 5.33. The van der Waals surface area contributed by atoms with E-state index in [9.17, 15) is 4.79 Å². The maximum Gasteiger partial charge on any atom is 0.165 e. The van der Waals surface area contributed by atoms with Gasteiger partial charge >= 0.3 is 0 Å². The molecule has 1 aromatic carbocycles. The second-order valence-electron chi connectivity index (χ2n) is 3.91. The van der Waals surface area contributed by atoms with Gasteiger partial charge in [-0.25, -0.2) is 0 Å². The standard InChI is InChI=1S/C14H15NO/c1-11(2)14(16)13-8-6-12(7-9-13)5-3-4-10-15/h3,5-9,11H,4H2,1-2H3. The molecule has 0 N–H and O–H groups in total. The number of Topliss-reactive ketones (excluding diaryl/α,β-unsaturated/α-hetero) is 1. The Hall–Kier alpha value is -1.88. The molecule has 0 aliphatic heterocycles. The summed E-state index contributed by atoms with van der Waals surface area (Å²) in [5, 5.41) is 8.38. The summed E-state index contributed by atoms with van der Waals surface area (Å²) in [5.74, 6) is 0.188. The third-order valence-electron chi connectivity index (χ3n) is 2.24. The lowest BCUT2D eigenvalue weighted by Crippen LogP contribution is -2.06. The molecule has 0 radical (unpaired) electrons. The van der Waals surface area contributed by atoms with Crippen LogP contribution in [0.4, 0.5) is 0 Å². The molecular formula is C14H15NO. The number of carbonyl (C=O) groups excluding carboxylic acids is 1. The van der Waals surface area contributed by atoms with E-state index in [2.05, 4.69) is 0 Å². The van der Waals surface area contributed by atoms with E-state index in [1.54, 1.807) is 6.08 Å². The largest absolute Gasteiger partial charge is 0.294 e. The number of hydrogen-bond donors (Lipinski definition) is 0. The number of ketones is 1. The minimum Gasteiger partial charge on any atom is -0.294 e. The topological polar surface area (TPSA) is 40.9 Å². The molecule has 2 heteroatoms. The predicted octanol–water partition coefficient (Wildman–Crippen LogP) is 3.45. The molecule has 0 unspecified atom stereocenters. The van der Waals surface area contributed by atoms with Crippen molar-refractivity contribution in [2.45, 2.75) is 20.3 Å². The van der Waals surface area contributed by atoms with E-state index < -0.39 is 0 Å². The number of carbonyl (C=O) groups is 1. The maximum atomic E-state index is 11.7. The molecule has 0 aliphatic carbocycles. The molecule has 2 nitrogen and oxygen atoms in total. The molecular weight excluding hydrogens is 198 g/mol. The summed E-state index contributed by atoms with van der Waals surface area (Å²) in [7, 11) is 0. The Kier molecular flexibility index (Phi) is 4.47. The highest BCUT2D eigenvalue weighted by Crippen LogP contribution is 2.11. The quantitative estimate of drug-likeness (QED) is 0.719. The predicted molar refractivity (Wildman–Crippen MR) is 64.9 cm³/mol. The van der Waals surface area contributed by atoms with Crippen molar-refractivity contribution in [1.29, 1.82) is 5.26 Å². The molecule has 0 aliphatic rings. The second kappa shape index (κ2) is 5.87. The average Bonchev–Trinajstić information content (AvgIpc) is 2.29. The highest BCUT2D eigenvalue weighted by Gasteiger charge is 2.08. The smallest absolute Gasteiger partial charge is 0.165 e. The van der Waals surface area contributed by atoms with Crippen molar-refractivity contribution in [2.24, 2.45) is 5.92 Å². The van der Waals surface area contributed by atoms with Crippen molar-refractivity contribution in [3.8, 4) is 6.07 Å². The maximum absolute atomic E-state index is 11.7. The van der Waals surface area contributed by atoms with Crippen molar-refractivity contribution in [1.82, 2.24) is 0 Å². The van der Waals surface area contributed by atoms with Crippen LogP contribution in [0.25, 0.3) is 6.08 Å².